The van der Waals surface area contributed by atoms with Crippen LogP contribution in [0, 0.1) is 5.92 Å². The van der Waals surface area contributed by atoms with Crippen molar-refractivity contribution in [3.8, 4) is 11.3 Å². The highest BCUT2D eigenvalue weighted by atomic mass is 35.5. The van der Waals surface area contributed by atoms with Gasteiger partial charge in [-0.05, 0) is 48.6 Å². The van der Waals surface area contributed by atoms with Crippen molar-refractivity contribution in [1.82, 2.24) is 15.6 Å². The molecular weight excluding hydrogens is 372 g/mol. The molecule has 0 spiro atoms. The van der Waals surface area contributed by atoms with Crippen LogP contribution >= 0.6 is 11.6 Å². The Labute approximate surface area is 169 Å². The minimum atomic E-state index is -0.344. The van der Waals surface area contributed by atoms with Gasteiger partial charge in [0.25, 0.3) is 5.91 Å². The van der Waals surface area contributed by atoms with Gasteiger partial charge in [-0.2, -0.15) is 10.2 Å². The number of rotatable bonds is 6. The SMILES string of the molecule is CC(=NNC(=O)c1cc(-c2ccc(CC(C)C)cc2)n[nH]1)c1ccc(Cl)cc1. The molecule has 0 atom stereocenters. The highest BCUT2D eigenvalue weighted by Gasteiger charge is 2.11. The molecule has 1 aromatic heterocycles. The molecule has 1 heterocycles. The van der Waals surface area contributed by atoms with Gasteiger partial charge in [0.1, 0.15) is 5.69 Å². The molecule has 2 N–H and O–H groups in total. The average Bonchev–Trinajstić information content (AvgIpc) is 3.17. The number of aromatic nitrogens is 2. The van der Waals surface area contributed by atoms with Crippen LogP contribution in [-0.2, 0) is 6.42 Å². The quantitative estimate of drug-likeness (QED) is 0.452. The molecule has 3 aromatic rings. The second-order valence-corrected chi connectivity index (χ2v) is 7.54. The molecule has 0 unspecified atom stereocenters. The van der Waals surface area contributed by atoms with Crippen molar-refractivity contribution in [2.45, 2.75) is 27.2 Å². The Morgan fingerprint density at radius 2 is 1.82 bits per heavy atom. The summed E-state index contributed by atoms with van der Waals surface area (Å²) in [5.41, 5.74) is 7.45. The van der Waals surface area contributed by atoms with Crippen LogP contribution < -0.4 is 5.43 Å². The number of aromatic amines is 1. The lowest BCUT2D eigenvalue weighted by molar-refractivity contribution is 0.0950. The topological polar surface area (TPSA) is 70.1 Å². The Kier molecular flexibility index (Phi) is 6.26. The standard InChI is InChI=1S/C22H23ClN4O/c1-14(2)12-16-4-6-18(7-5-16)20-13-21(26-25-20)22(28)27-24-15(3)17-8-10-19(23)11-9-17/h4-11,13-14H,12H2,1-3H3,(H,25,26)(H,27,28). The van der Waals surface area contributed by atoms with Crippen LogP contribution in [0.4, 0.5) is 0 Å². The van der Waals surface area contributed by atoms with Gasteiger partial charge in [-0.1, -0.05) is 61.8 Å². The maximum atomic E-state index is 12.3. The van der Waals surface area contributed by atoms with Gasteiger partial charge in [0, 0.05) is 10.6 Å². The number of hydrazone groups is 1. The fourth-order valence-electron chi connectivity index (χ4n) is 2.82. The second kappa shape index (κ2) is 8.85. The molecule has 6 heteroatoms. The fourth-order valence-corrected chi connectivity index (χ4v) is 2.95. The van der Waals surface area contributed by atoms with E-state index in [1.165, 1.54) is 5.56 Å². The molecule has 1 amide bonds. The van der Waals surface area contributed by atoms with Crippen LogP contribution in [0.5, 0.6) is 0 Å². The van der Waals surface area contributed by atoms with Gasteiger partial charge in [-0.15, -0.1) is 0 Å². The van der Waals surface area contributed by atoms with Crippen molar-refractivity contribution in [3.63, 3.8) is 0 Å². The van der Waals surface area contributed by atoms with Crippen LogP contribution in [0.2, 0.25) is 5.02 Å². The number of amides is 1. The van der Waals surface area contributed by atoms with Crippen molar-refractivity contribution in [2.24, 2.45) is 11.0 Å². The highest BCUT2D eigenvalue weighted by molar-refractivity contribution is 6.30. The summed E-state index contributed by atoms with van der Waals surface area (Å²) in [6, 6.07) is 17.2. The van der Waals surface area contributed by atoms with E-state index < -0.39 is 0 Å². The van der Waals surface area contributed by atoms with Gasteiger partial charge >= 0.3 is 0 Å². The van der Waals surface area contributed by atoms with Crippen LogP contribution in [0.1, 0.15) is 42.4 Å². The van der Waals surface area contributed by atoms with E-state index in [1.54, 1.807) is 18.2 Å². The van der Waals surface area contributed by atoms with E-state index in [9.17, 15) is 4.79 Å². The first-order valence-electron chi connectivity index (χ1n) is 9.17. The first kappa shape index (κ1) is 19.8. The Morgan fingerprint density at radius 1 is 1.14 bits per heavy atom. The molecule has 144 valence electrons. The van der Waals surface area contributed by atoms with Gasteiger partial charge in [0.15, 0.2) is 0 Å². The third-order valence-electron chi connectivity index (χ3n) is 4.30. The van der Waals surface area contributed by atoms with Crippen molar-refractivity contribution in [1.29, 1.82) is 0 Å². The summed E-state index contributed by atoms with van der Waals surface area (Å²) in [6.07, 6.45) is 1.04. The third kappa shape index (κ3) is 5.08. The third-order valence-corrected chi connectivity index (χ3v) is 4.56. The number of H-pyrrole nitrogens is 1. The molecule has 2 aromatic carbocycles. The first-order chi connectivity index (χ1) is 13.4. The summed E-state index contributed by atoms with van der Waals surface area (Å²) in [4.78, 5) is 12.3. The number of carbonyl (C=O) groups is 1. The maximum Gasteiger partial charge on any atom is 0.289 e. The second-order valence-electron chi connectivity index (χ2n) is 7.11. The molecule has 0 saturated carbocycles. The number of hydrogen-bond acceptors (Lipinski definition) is 3. The van der Waals surface area contributed by atoms with Gasteiger partial charge < -0.3 is 0 Å². The van der Waals surface area contributed by atoms with E-state index in [2.05, 4.69) is 46.7 Å². The molecule has 0 bridgehead atoms. The summed E-state index contributed by atoms with van der Waals surface area (Å²) in [6.45, 7) is 6.22. The Bertz CT molecular complexity index is 973. The molecule has 0 aliphatic heterocycles. The van der Waals surface area contributed by atoms with Crippen LogP contribution in [-0.4, -0.2) is 21.8 Å². The highest BCUT2D eigenvalue weighted by Crippen LogP contribution is 2.19. The molecule has 5 nitrogen and oxygen atoms in total. The largest absolute Gasteiger partial charge is 0.289 e. The van der Waals surface area contributed by atoms with Crippen molar-refractivity contribution < 1.29 is 4.79 Å². The summed E-state index contributed by atoms with van der Waals surface area (Å²) >= 11 is 5.89. The molecule has 0 fully saturated rings. The lowest BCUT2D eigenvalue weighted by Crippen LogP contribution is -2.19. The van der Waals surface area contributed by atoms with Crippen molar-refractivity contribution >= 4 is 23.2 Å². The van der Waals surface area contributed by atoms with E-state index in [-0.39, 0.29) is 5.91 Å². The normalized spacial score (nSPS) is 11.7. The van der Waals surface area contributed by atoms with Gasteiger partial charge in [0.05, 0.1) is 11.4 Å². The number of hydrogen-bond donors (Lipinski definition) is 2. The zero-order chi connectivity index (χ0) is 20.1. The van der Waals surface area contributed by atoms with Crippen molar-refractivity contribution in [3.05, 3.63) is 76.4 Å². The number of nitrogens with zero attached hydrogens (tertiary/aromatic N) is 2. The van der Waals surface area contributed by atoms with Crippen LogP contribution in [0.3, 0.4) is 0 Å². The number of benzene rings is 2. The van der Waals surface area contributed by atoms with E-state index in [1.807, 2.05) is 31.2 Å². The zero-order valence-electron chi connectivity index (χ0n) is 16.2. The van der Waals surface area contributed by atoms with Crippen LogP contribution in [0.25, 0.3) is 11.3 Å². The summed E-state index contributed by atoms with van der Waals surface area (Å²) in [7, 11) is 0. The van der Waals surface area contributed by atoms with E-state index >= 15 is 0 Å². The minimum absolute atomic E-state index is 0.344. The zero-order valence-corrected chi connectivity index (χ0v) is 16.9. The first-order valence-corrected chi connectivity index (χ1v) is 9.55. The molecule has 28 heavy (non-hydrogen) atoms. The molecule has 0 aliphatic carbocycles. The lowest BCUT2D eigenvalue weighted by Gasteiger charge is -2.05. The molecule has 3 rings (SSSR count). The Hall–Kier alpha value is -2.92. The Balaban J connectivity index is 1.66. The maximum absolute atomic E-state index is 12.3. The summed E-state index contributed by atoms with van der Waals surface area (Å²) in [5.74, 6) is 0.270. The van der Waals surface area contributed by atoms with Gasteiger partial charge in [-0.25, -0.2) is 5.43 Å². The monoisotopic (exact) mass is 394 g/mol. The predicted octanol–water partition coefficient (Wildman–Crippen LogP) is 5.08. The molecule has 0 saturated heterocycles. The summed E-state index contributed by atoms with van der Waals surface area (Å²) in [5, 5.41) is 11.8. The van der Waals surface area contributed by atoms with Gasteiger partial charge in [-0.3, -0.25) is 9.89 Å². The fraction of sp³-hybridized carbons (Fsp3) is 0.227. The minimum Gasteiger partial charge on any atom is -0.272 e. The van der Waals surface area contributed by atoms with Gasteiger partial charge in [0.2, 0.25) is 0 Å². The molecule has 0 aliphatic rings. The number of nitrogens with one attached hydrogen (secondary N) is 2. The summed E-state index contributed by atoms with van der Waals surface area (Å²) < 4.78 is 0. The van der Waals surface area contributed by atoms with E-state index in [0.29, 0.717) is 22.3 Å². The van der Waals surface area contributed by atoms with E-state index in [0.717, 1.165) is 23.2 Å². The number of halogens is 1. The molecule has 0 radical (unpaired) electrons. The van der Waals surface area contributed by atoms with Crippen LogP contribution in [0.15, 0.2) is 59.7 Å². The van der Waals surface area contributed by atoms with E-state index in [4.69, 9.17) is 11.6 Å². The predicted molar refractivity (Wildman–Crippen MR) is 114 cm³/mol. The smallest absolute Gasteiger partial charge is 0.272 e. The molecular formula is C22H23ClN4O. The average molecular weight is 395 g/mol. The van der Waals surface area contributed by atoms with Crippen molar-refractivity contribution in [2.75, 3.05) is 0 Å². The lowest BCUT2D eigenvalue weighted by atomic mass is 10.0. The number of carbonyl (C=O) groups excluding carboxylic acids is 1. The Morgan fingerprint density at radius 3 is 2.46 bits per heavy atom.